The molecule has 0 heterocycles. The van der Waals surface area contributed by atoms with Gasteiger partial charge >= 0.3 is 5.97 Å². The number of methoxy groups -OCH3 is 1. The van der Waals surface area contributed by atoms with Crippen LogP contribution in [0.4, 0.5) is 0 Å². The maximum absolute atomic E-state index is 12.8. The minimum absolute atomic E-state index is 0.111. The second-order valence-electron chi connectivity index (χ2n) is 6.03. The molecule has 0 saturated carbocycles. The lowest BCUT2D eigenvalue weighted by Crippen LogP contribution is -2.39. The van der Waals surface area contributed by atoms with Gasteiger partial charge in [-0.05, 0) is 36.6 Å². The van der Waals surface area contributed by atoms with Crippen molar-refractivity contribution in [2.24, 2.45) is 5.92 Å². The van der Waals surface area contributed by atoms with Crippen LogP contribution < -0.4 is 0 Å². The molecule has 4 nitrogen and oxygen atoms in total. The number of carbonyl (C=O) groups excluding carboxylic acids is 2. The lowest BCUT2D eigenvalue weighted by Gasteiger charge is -2.28. The van der Waals surface area contributed by atoms with Crippen molar-refractivity contribution in [3.63, 3.8) is 0 Å². The third kappa shape index (κ3) is 2.79. The molecular weight excluding hydrogens is 351 g/mol. The van der Waals surface area contributed by atoms with Crippen LogP contribution >= 0.6 is 23.2 Å². The van der Waals surface area contributed by atoms with Crippen molar-refractivity contribution in [1.29, 1.82) is 0 Å². The van der Waals surface area contributed by atoms with Crippen LogP contribution in [0.1, 0.15) is 29.6 Å². The third-order valence-electron chi connectivity index (χ3n) is 4.61. The predicted molar refractivity (Wildman–Crippen MR) is 91.3 cm³/mol. The standard InChI is InChI=1S/C18H16Cl2O4/c1-24-17(22)12-6-5-10-9-18(23,8-7-11(10)12)16(21)15-13(19)3-2-4-14(15)20/h2-4,7-8,12,23H,5-6,9H2,1H3. The zero-order valence-electron chi connectivity index (χ0n) is 13.0. The molecule has 2 aliphatic carbocycles. The molecule has 24 heavy (non-hydrogen) atoms. The maximum Gasteiger partial charge on any atom is 0.313 e. The van der Waals surface area contributed by atoms with Gasteiger partial charge in [-0.15, -0.1) is 0 Å². The predicted octanol–water partition coefficient (Wildman–Crippen LogP) is 3.75. The minimum atomic E-state index is -1.71. The summed E-state index contributed by atoms with van der Waals surface area (Å²) in [7, 11) is 1.35. The van der Waals surface area contributed by atoms with E-state index in [1.54, 1.807) is 24.3 Å². The van der Waals surface area contributed by atoms with Gasteiger partial charge in [-0.1, -0.05) is 40.9 Å². The number of ketones is 1. The number of allylic oxidation sites excluding steroid dienone is 1. The molecule has 0 amide bonds. The molecule has 0 spiro atoms. The molecule has 0 fully saturated rings. The molecule has 0 radical (unpaired) electrons. The Labute approximate surface area is 149 Å². The topological polar surface area (TPSA) is 63.6 Å². The number of hydrogen-bond donors (Lipinski definition) is 1. The second kappa shape index (κ2) is 6.36. The Kier molecular flexibility index (Phi) is 4.56. The molecule has 1 N–H and O–H groups in total. The summed E-state index contributed by atoms with van der Waals surface area (Å²) in [5, 5.41) is 11.3. The summed E-state index contributed by atoms with van der Waals surface area (Å²) in [6.45, 7) is 0. The third-order valence-corrected chi connectivity index (χ3v) is 5.24. The van der Waals surface area contributed by atoms with Crippen LogP contribution in [-0.2, 0) is 9.53 Å². The number of halogens is 2. The van der Waals surface area contributed by atoms with E-state index in [-0.39, 0.29) is 33.9 Å². The molecule has 2 unspecified atom stereocenters. The van der Waals surface area contributed by atoms with Crippen molar-refractivity contribution < 1.29 is 19.4 Å². The molecule has 0 aromatic heterocycles. The van der Waals surface area contributed by atoms with Crippen molar-refractivity contribution in [3.8, 4) is 0 Å². The summed E-state index contributed by atoms with van der Waals surface area (Å²) in [5.74, 6) is -1.16. The summed E-state index contributed by atoms with van der Waals surface area (Å²) < 4.78 is 4.81. The number of hydrogen-bond acceptors (Lipinski definition) is 4. The largest absolute Gasteiger partial charge is 0.469 e. The van der Waals surface area contributed by atoms with E-state index < -0.39 is 11.4 Å². The smallest absolute Gasteiger partial charge is 0.313 e. The number of aliphatic hydroxyl groups is 1. The average Bonchev–Trinajstić information content (AvgIpc) is 2.96. The summed E-state index contributed by atoms with van der Waals surface area (Å²) in [6, 6.07) is 4.76. The number of carbonyl (C=O) groups is 2. The van der Waals surface area contributed by atoms with Crippen molar-refractivity contribution >= 4 is 35.0 Å². The van der Waals surface area contributed by atoms with Crippen LogP contribution in [0.25, 0.3) is 0 Å². The fourth-order valence-electron chi connectivity index (χ4n) is 3.38. The van der Waals surface area contributed by atoms with Gasteiger partial charge in [0.25, 0.3) is 0 Å². The van der Waals surface area contributed by atoms with E-state index in [2.05, 4.69) is 0 Å². The van der Waals surface area contributed by atoms with Crippen molar-refractivity contribution in [2.75, 3.05) is 7.11 Å². The lowest BCUT2D eigenvalue weighted by atomic mass is 9.81. The van der Waals surface area contributed by atoms with Crippen molar-refractivity contribution in [3.05, 3.63) is 57.1 Å². The average molecular weight is 367 g/mol. The Hall–Kier alpha value is -1.62. The van der Waals surface area contributed by atoms with Gasteiger partial charge in [0.2, 0.25) is 5.78 Å². The molecule has 1 aromatic carbocycles. The van der Waals surface area contributed by atoms with Crippen molar-refractivity contribution in [1.82, 2.24) is 0 Å². The molecule has 0 bridgehead atoms. The molecule has 3 rings (SSSR count). The van der Waals surface area contributed by atoms with Crippen LogP contribution in [0.3, 0.4) is 0 Å². The first kappa shape index (κ1) is 17.2. The molecule has 126 valence electrons. The van der Waals surface area contributed by atoms with E-state index >= 15 is 0 Å². The van der Waals surface area contributed by atoms with Gasteiger partial charge in [0.1, 0.15) is 5.60 Å². The number of rotatable bonds is 3. The number of Topliss-reactive ketones (excluding diaryl/α,β-unsaturated/α-hetero) is 1. The van der Waals surface area contributed by atoms with Crippen LogP contribution in [0.5, 0.6) is 0 Å². The molecule has 2 atom stereocenters. The highest BCUT2D eigenvalue weighted by Crippen LogP contribution is 2.43. The molecule has 6 heteroatoms. The summed E-state index contributed by atoms with van der Waals surface area (Å²) in [4.78, 5) is 24.7. The van der Waals surface area contributed by atoms with E-state index in [0.29, 0.717) is 12.8 Å². The fourth-order valence-corrected chi connectivity index (χ4v) is 3.94. The van der Waals surface area contributed by atoms with Crippen molar-refractivity contribution in [2.45, 2.75) is 24.9 Å². The first-order valence-corrected chi connectivity index (χ1v) is 8.33. The zero-order valence-corrected chi connectivity index (χ0v) is 14.5. The zero-order chi connectivity index (χ0) is 17.5. The molecule has 0 saturated heterocycles. The van der Waals surface area contributed by atoms with Crippen LogP contribution in [0.15, 0.2) is 41.5 Å². The first-order valence-electron chi connectivity index (χ1n) is 7.57. The van der Waals surface area contributed by atoms with Crippen LogP contribution in [0, 0.1) is 5.92 Å². The number of esters is 1. The highest BCUT2D eigenvalue weighted by Gasteiger charge is 2.43. The summed E-state index contributed by atoms with van der Waals surface area (Å²) in [6.07, 6.45) is 4.47. The van der Waals surface area contributed by atoms with Gasteiger partial charge in [-0.2, -0.15) is 0 Å². The Morgan fingerprint density at radius 2 is 1.96 bits per heavy atom. The summed E-state index contributed by atoms with van der Waals surface area (Å²) >= 11 is 12.2. The monoisotopic (exact) mass is 366 g/mol. The Balaban J connectivity index is 1.91. The highest BCUT2D eigenvalue weighted by atomic mass is 35.5. The van der Waals surface area contributed by atoms with E-state index in [1.165, 1.54) is 13.2 Å². The lowest BCUT2D eigenvalue weighted by molar-refractivity contribution is -0.143. The van der Waals surface area contributed by atoms with Gasteiger partial charge in [0, 0.05) is 6.42 Å². The molecular formula is C18H16Cl2O4. The molecule has 2 aliphatic rings. The Morgan fingerprint density at radius 1 is 1.29 bits per heavy atom. The van der Waals surface area contributed by atoms with Gasteiger partial charge < -0.3 is 9.84 Å². The quantitative estimate of drug-likeness (QED) is 0.653. The van der Waals surface area contributed by atoms with E-state index in [4.69, 9.17) is 27.9 Å². The molecule has 0 aliphatic heterocycles. The van der Waals surface area contributed by atoms with Crippen LogP contribution in [-0.4, -0.2) is 29.6 Å². The van der Waals surface area contributed by atoms with Gasteiger partial charge in [-0.25, -0.2) is 0 Å². The van der Waals surface area contributed by atoms with E-state index in [9.17, 15) is 14.7 Å². The van der Waals surface area contributed by atoms with Gasteiger partial charge in [0.15, 0.2) is 0 Å². The Bertz CT molecular complexity index is 761. The van der Waals surface area contributed by atoms with E-state index in [1.807, 2.05) is 0 Å². The Morgan fingerprint density at radius 3 is 2.58 bits per heavy atom. The second-order valence-corrected chi connectivity index (χ2v) is 6.85. The number of benzene rings is 1. The normalized spacial score (nSPS) is 25.6. The molecule has 1 aromatic rings. The van der Waals surface area contributed by atoms with E-state index in [0.717, 1.165) is 11.1 Å². The summed E-state index contributed by atoms with van der Waals surface area (Å²) in [5.41, 5.74) is 0.134. The van der Waals surface area contributed by atoms with Gasteiger partial charge in [-0.3, -0.25) is 9.59 Å². The number of ether oxygens (including phenoxy) is 1. The van der Waals surface area contributed by atoms with Crippen LogP contribution in [0.2, 0.25) is 10.0 Å². The van der Waals surface area contributed by atoms with Gasteiger partial charge in [0.05, 0.1) is 28.6 Å². The SMILES string of the molecule is COC(=O)C1CCC2=C1C=CC(O)(C(=O)c1c(Cl)cccc1Cl)C2. The highest BCUT2D eigenvalue weighted by molar-refractivity contribution is 6.40. The first-order chi connectivity index (χ1) is 11.4. The minimum Gasteiger partial charge on any atom is -0.469 e. The maximum atomic E-state index is 12.8. The fraction of sp³-hybridized carbons (Fsp3) is 0.333.